The molecule has 0 aliphatic carbocycles. The number of hydrogen-bond donors (Lipinski definition) is 1. The van der Waals surface area contributed by atoms with Gasteiger partial charge in [-0.15, -0.1) is 0 Å². The van der Waals surface area contributed by atoms with Crippen LogP contribution in [0.5, 0.6) is 0 Å². The van der Waals surface area contributed by atoms with Crippen LogP contribution in [0.25, 0.3) is 0 Å². The van der Waals surface area contributed by atoms with Crippen molar-refractivity contribution in [1.29, 1.82) is 0 Å². The van der Waals surface area contributed by atoms with Crippen molar-refractivity contribution in [3.63, 3.8) is 0 Å². The standard InChI is InChI=1S/C22H38O7/c1-7-10-11-29-20(26)16(12-15(4)19(24)25)13-17(18(23)8-2)14-22(5,9-3)21(27)28-6/h15-17H,7-14H2,1-6H3,(H,24,25). The number of ketones is 1. The zero-order valence-electron chi connectivity index (χ0n) is 18.8. The fourth-order valence-electron chi connectivity index (χ4n) is 3.37. The second-order valence-corrected chi connectivity index (χ2v) is 8.06. The summed E-state index contributed by atoms with van der Waals surface area (Å²) in [6.45, 7) is 9.14. The highest BCUT2D eigenvalue weighted by atomic mass is 16.5. The van der Waals surface area contributed by atoms with E-state index in [4.69, 9.17) is 9.47 Å². The molecule has 0 amide bonds. The van der Waals surface area contributed by atoms with Crippen molar-refractivity contribution in [3.05, 3.63) is 0 Å². The third-order valence-electron chi connectivity index (χ3n) is 5.66. The number of carboxylic acid groups (broad SMARTS) is 1. The minimum Gasteiger partial charge on any atom is -0.481 e. The molecule has 1 N–H and O–H groups in total. The van der Waals surface area contributed by atoms with E-state index in [1.165, 1.54) is 14.0 Å². The average Bonchev–Trinajstić information content (AvgIpc) is 2.70. The van der Waals surface area contributed by atoms with Gasteiger partial charge in [0.15, 0.2) is 0 Å². The lowest BCUT2D eigenvalue weighted by Gasteiger charge is -2.31. The van der Waals surface area contributed by atoms with Gasteiger partial charge in [-0.05, 0) is 39.0 Å². The number of rotatable bonds is 15. The van der Waals surface area contributed by atoms with Crippen LogP contribution in [0.3, 0.4) is 0 Å². The van der Waals surface area contributed by atoms with Gasteiger partial charge in [0.05, 0.1) is 31.0 Å². The molecule has 29 heavy (non-hydrogen) atoms. The third kappa shape index (κ3) is 8.96. The molecule has 0 spiro atoms. The molecule has 7 nitrogen and oxygen atoms in total. The van der Waals surface area contributed by atoms with Crippen molar-refractivity contribution < 1.29 is 33.8 Å². The normalized spacial score (nSPS) is 16.2. The van der Waals surface area contributed by atoms with Crippen LogP contribution in [0.1, 0.15) is 79.6 Å². The molecule has 0 radical (unpaired) electrons. The number of Topliss-reactive ketones (excluding diaryl/α,β-unsaturated/α-hetero) is 1. The molecule has 0 bridgehead atoms. The van der Waals surface area contributed by atoms with Crippen LogP contribution in [0.4, 0.5) is 0 Å². The Morgan fingerprint density at radius 3 is 2.10 bits per heavy atom. The maximum Gasteiger partial charge on any atom is 0.311 e. The Morgan fingerprint density at radius 1 is 1.03 bits per heavy atom. The molecule has 0 aromatic rings. The molecule has 0 fully saturated rings. The quantitative estimate of drug-likeness (QED) is 0.318. The number of esters is 2. The Kier molecular flexibility index (Phi) is 12.4. The molecule has 7 heteroatoms. The first kappa shape index (κ1) is 27.1. The summed E-state index contributed by atoms with van der Waals surface area (Å²) in [7, 11) is 1.31. The van der Waals surface area contributed by atoms with Crippen molar-refractivity contribution in [2.45, 2.75) is 79.6 Å². The largest absolute Gasteiger partial charge is 0.481 e. The highest BCUT2D eigenvalue weighted by molar-refractivity contribution is 5.83. The lowest BCUT2D eigenvalue weighted by Crippen LogP contribution is -2.35. The Bertz CT molecular complexity index is 557. The summed E-state index contributed by atoms with van der Waals surface area (Å²) in [6, 6.07) is 0. The third-order valence-corrected chi connectivity index (χ3v) is 5.66. The van der Waals surface area contributed by atoms with E-state index in [1.807, 2.05) is 13.8 Å². The fourth-order valence-corrected chi connectivity index (χ4v) is 3.37. The van der Waals surface area contributed by atoms with Crippen LogP contribution in [-0.4, -0.2) is 42.5 Å². The summed E-state index contributed by atoms with van der Waals surface area (Å²) < 4.78 is 10.2. The summed E-state index contributed by atoms with van der Waals surface area (Å²) in [4.78, 5) is 48.8. The second-order valence-electron chi connectivity index (χ2n) is 8.06. The minimum absolute atomic E-state index is 0.0529. The van der Waals surface area contributed by atoms with Gasteiger partial charge in [0.25, 0.3) is 0 Å². The summed E-state index contributed by atoms with van der Waals surface area (Å²) in [6.07, 6.45) is 2.87. The number of carboxylic acids is 1. The van der Waals surface area contributed by atoms with E-state index in [2.05, 4.69) is 0 Å². The Morgan fingerprint density at radius 2 is 1.66 bits per heavy atom. The number of unbranched alkanes of at least 4 members (excludes halogenated alkanes) is 1. The van der Waals surface area contributed by atoms with Crippen molar-refractivity contribution >= 4 is 23.7 Å². The van der Waals surface area contributed by atoms with Crippen LogP contribution in [0, 0.1) is 23.2 Å². The summed E-state index contributed by atoms with van der Waals surface area (Å²) in [5.74, 6) is -3.92. The molecule has 0 rings (SSSR count). The predicted octanol–water partition coefficient (Wildman–Crippen LogP) is 4.02. The summed E-state index contributed by atoms with van der Waals surface area (Å²) >= 11 is 0. The molecule has 168 valence electrons. The average molecular weight is 415 g/mol. The molecule has 0 aromatic carbocycles. The maximum atomic E-state index is 12.6. The zero-order chi connectivity index (χ0) is 22.6. The van der Waals surface area contributed by atoms with E-state index in [0.717, 1.165) is 12.8 Å². The molecule has 0 saturated carbocycles. The molecular formula is C22H38O7. The van der Waals surface area contributed by atoms with Crippen molar-refractivity contribution in [3.8, 4) is 0 Å². The van der Waals surface area contributed by atoms with Crippen LogP contribution in [0.15, 0.2) is 0 Å². The first-order valence-corrected chi connectivity index (χ1v) is 10.6. The number of carbonyl (C=O) groups excluding carboxylic acids is 3. The smallest absolute Gasteiger partial charge is 0.311 e. The van der Waals surface area contributed by atoms with Crippen LogP contribution < -0.4 is 0 Å². The molecule has 4 unspecified atom stereocenters. The molecule has 0 aliphatic rings. The highest BCUT2D eigenvalue weighted by Gasteiger charge is 2.39. The Labute approximate surface area is 174 Å². The molecule has 0 aliphatic heterocycles. The number of aliphatic carboxylic acids is 1. The van der Waals surface area contributed by atoms with E-state index in [0.29, 0.717) is 6.42 Å². The predicted molar refractivity (Wildman–Crippen MR) is 109 cm³/mol. The maximum absolute atomic E-state index is 12.6. The van der Waals surface area contributed by atoms with Crippen LogP contribution in [-0.2, 0) is 28.7 Å². The fraction of sp³-hybridized carbons (Fsp3) is 0.818. The van der Waals surface area contributed by atoms with Gasteiger partial charge in [0, 0.05) is 12.3 Å². The molecule has 0 heterocycles. The van der Waals surface area contributed by atoms with E-state index in [1.54, 1.807) is 13.8 Å². The highest BCUT2D eigenvalue weighted by Crippen LogP contribution is 2.36. The number of hydrogen-bond acceptors (Lipinski definition) is 6. The number of carbonyl (C=O) groups is 4. The van der Waals surface area contributed by atoms with Crippen molar-refractivity contribution in [2.75, 3.05) is 13.7 Å². The van der Waals surface area contributed by atoms with Crippen LogP contribution >= 0.6 is 0 Å². The van der Waals surface area contributed by atoms with Gasteiger partial charge in [0.1, 0.15) is 5.78 Å². The Hall–Kier alpha value is -1.92. The Balaban J connectivity index is 5.61. The van der Waals surface area contributed by atoms with Gasteiger partial charge in [-0.2, -0.15) is 0 Å². The van der Waals surface area contributed by atoms with Gasteiger partial charge >= 0.3 is 17.9 Å². The van der Waals surface area contributed by atoms with Gasteiger partial charge in [-0.3, -0.25) is 19.2 Å². The topological polar surface area (TPSA) is 107 Å². The number of ether oxygens (including phenoxy) is 2. The van der Waals surface area contributed by atoms with Gasteiger partial charge in [-0.25, -0.2) is 0 Å². The minimum atomic E-state index is -0.998. The molecule has 0 aromatic heterocycles. The van der Waals surface area contributed by atoms with Gasteiger partial charge < -0.3 is 14.6 Å². The van der Waals surface area contributed by atoms with Gasteiger partial charge in [0.2, 0.25) is 0 Å². The van der Waals surface area contributed by atoms with E-state index < -0.39 is 41.1 Å². The lowest BCUT2D eigenvalue weighted by molar-refractivity contribution is -0.154. The molecule has 0 saturated heterocycles. The molecular weight excluding hydrogens is 376 g/mol. The number of methoxy groups -OCH3 is 1. The van der Waals surface area contributed by atoms with E-state index in [9.17, 15) is 24.3 Å². The van der Waals surface area contributed by atoms with E-state index >= 15 is 0 Å². The molecule has 4 atom stereocenters. The van der Waals surface area contributed by atoms with Crippen LogP contribution in [0.2, 0.25) is 0 Å². The van der Waals surface area contributed by atoms with E-state index in [-0.39, 0.29) is 38.1 Å². The first-order valence-electron chi connectivity index (χ1n) is 10.6. The van der Waals surface area contributed by atoms with Crippen molar-refractivity contribution in [2.24, 2.45) is 23.2 Å². The monoisotopic (exact) mass is 414 g/mol. The lowest BCUT2D eigenvalue weighted by atomic mass is 9.73. The second kappa shape index (κ2) is 13.3. The summed E-state index contributed by atoms with van der Waals surface area (Å²) in [5.41, 5.74) is -0.848. The first-order chi connectivity index (χ1) is 13.6. The zero-order valence-corrected chi connectivity index (χ0v) is 18.8. The summed E-state index contributed by atoms with van der Waals surface area (Å²) in [5, 5.41) is 9.27. The van der Waals surface area contributed by atoms with Crippen molar-refractivity contribution in [1.82, 2.24) is 0 Å². The van der Waals surface area contributed by atoms with Gasteiger partial charge in [-0.1, -0.05) is 34.1 Å². The SMILES string of the molecule is CCCCOC(=O)C(CC(C)C(=O)O)CC(CC(C)(CC)C(=O)OC)C(=O)CC.